The van der Waals surface area contributed by atoms with E-state index >= 15 is 0 Å². The van der Waals surface area contributed by atoms with Crippen molar-refractivity contribution >= 4 is 11.8 Å². The maximum absolute atomic E-state index is 11.7. The highest BCUT2D eigenvalue weighted by atomic mass is 16.2. The van der Waals surface area contributed by atoms with Gasteiger partial charge in [-0.3, -0.25) is 9.59 Å². The Morgan fingerprint density at radius 1 is 1.11 bits per heavy atom. The van der Waals surface area contributed by atoms with Gasteiger partial charge in [0.05, 0.1) is 6.04 Å². The highest BCUT2D eigenvalue weighted by Gasteiger charge is 2.15. The predicted molar refractivity (Wildman–Crippen MR) is 75.5 cm³/mol. The molecule has 1 aromatic carbocycles. The molecule has 0 unspecified atom stereocenters. The van der Waals surface area contributed by atoms with Gasteiger partial charge in [0.25, 0.3) is 0 Å². The number of hydrogen-bond donors (Lipinski definition) is 2. The van der Waals surface area contributed by atoms with E-state index < -0.39 is 11.8 Å². The normalized spacial score (nSPS) is 11.7. The maximum atomic E-state index is 11.7. The standard InChI is InChI=1S/C15H22N2O2/c1-3-4-8-11-16-14(18)15(19)17-12(2)13-9-6-5-7-10-13/h5-7,9-10,12H,3-4,8,11H2,1-2H3,(H,16,18)(H,17,19)/t12-/m1/s1. The molecule has 0 bridgehead atoms. The highest BCUT2D eigenvalue weighted by Crippen LogP contribution is 2.10. The van der Waals surface area contributed by atoms with Crippen molar-refractivity contribution in [2.75, 3.05) is 6.54 Å². The van der Waals surface area contributed by atoms with E-state index in [1.807, 2.05) is 37.3 Å². The van der Waals surface area contributed by atoms with Gasteiger partial charge in [-0.25, -0.2) is 0 Å². The Labute approximate surface area is 114 Å². The molecule has 0 aliphatic heterocycles. The fourth-order valence-electron chi connectivity index (χ4n) is 1.74. The third-order valence-corrected chi connectivity index (χ3v) is 2.92. The summed E-state index contributed by atoms with van der Waals surface area (Å²) >= 11 is 0. The largest absolute Gasteiger partial charge is 0.348 e. The van der Waals surface area contributed by atoms with E-state index in [2.05, 4.69) is 17.6 Å². The molecule has 1 rings (SSSR count). The molecule has 2 amide bonds. The molecule has 19 heavy (non-hydrogen) atoms. The van der Waals surface area contributed by atoms with Gasteiger partial charge < -0.3 is 10.6 Å². The van der Waals surface area contributed by atoms with Gasteiger partial charge in [-0.2, -0.15) is 0 Å². The first-order valence-electron chi connectivity index (χ1n) is 6.78. The first-order chi connectivity index (χ1) is 9.15. The van der Waals surface area contributed by atoms with Crippen LogP contribution < -0.4 is 10.6 Å². The second-order valence-corrected chi connectivity index (χ2v) is 4.57. The van der Waals surface area contributed by atoms with Gasteiger partial charge in [-0.1, -0.05) is 50.1 Å². The number of carbonyl (C=O) groups excluding carboxylic acids is 2. The van der Waals surface area contributed by atoms with E-state index in [0.717, 1.165) is 24.8 Å². The van der Waals surface area contributed by atoms with Crippen molar-refractivity contribution in [1.82, 2.24) is 10.6 Å². The molecule has 1 atom stereocenters. The molecule has 2 N–H and O–H groups in total. The van der Waals surface area contributed by atoms with Gasteiger partial charge in [0.1, 0.15) is 0 Å². The van der Waals surface area contributed by atoms with Crippen LogP contribution in [0.2, 0.25) is 0 Å². The molecular formula is C15H22N2O2. The molecular weight excluding hydrogens is 240 g/mol. The molecule has 0 aliphatic rings. The van der Waals surface area contributed by atoms with Crippen LogP contribution in [0, 0.1) is 0 Å². The van der Waals surface area contributed by atoms with E-state index in [4.69, 9.17) is 0 Å². The summed E-state index contributed by atoms with van der Waals surface area (Å²) in [5, 5.41) is 5.31. The lowest BCUT2D eigenvalue weighted by atomic mass is 10.1. The van der Waals surface area contributed by atoms with Crippen molar-refractivity contribution in [1.29, 1.82) is 0 Å². The van der Waals surface area contributed by atoms with Crippen LogP contribution in [0.1, 0.15) is 44.7 Å². The topological polar surface area (TPSA) is 58.2 Å². The van der Waals surface area contributed by atoms with Crippen LogP contribution >= 0.6 is 0 Å². The molecule has 0 heterocycles. The minimum absolute atomic E-state index is 0.171. The van der Waals surface area contributed by atoms with Crippen LogP contribution in [0.25, 0.3) is 0 Å². The Morgan fingerprint density at radius 2 is 1.79 bits per heavy atom. The SMILES string of the molecule is CCCCCNC(=O)C(=O)N[C@H](C)c1ccccc1. The van der Waals surface area contributed by atoms with Crippen molar-refractivity contribution in [2.45, 2.75) is 39.2 Å². The smallest absolute Gasteiger partial charge is 0.309 e. The number of unbranched alkanes of at least 4 members (excludes halogenated alkanes) is 2. The summed E-state index contributed by atoms with van der Waals surface area (Å²) in [6.07, 6.45) is 3.05. The zero-order valence-corrected chi connectivity index (χ0v) is 11.6. The molecule has 4 heteroatoms. The van der Waals surface area contributed by atoms with Gasteiger partial charge in [0.15, 0.2) is 0 Å². The van der Waals surface area contributed by atoms with Crippen LogP contribution in [0.15, 0.2) is 30.3 Å². The minimum atomic E-state index is -0.576. The van der Waals surface area contributed by atoms with Crippen LogP contribution in [0.5, 0.6) is 0 Å². The van der Waals surface area contributed by atoms with Gasteiger partial charge in [0.2, 0.25) is 0 Å². The van der Waals surface area contributed by atoms with E-state index in [1.165, 1.54) is 0 Å². The highest BCUT2D eigenvalue weighted by molar-refractivity contribution is 6.35. The molecule has 0 aromatic heterocycles. The molecule has 0 aliphatic carbocycles. The van der Waals surface area contributed by atoms with Crippen molar-refractivity contribution < 1.29 is 9.59 Å². The predicted octanol–water partition coefficient (Wildman–Crippen LogP) is 2.17. The fraction of sp³-hybridized carbons (Fsp3) is 0.467. The molecule has 0 saturated carbocycles. The molecule has 0 saturated heterocycles. The zero-order chi connectivity index (χ0) is 14.1. The van der Waals surface area contributed by atoms with Crippen LogP contribution in [-0.4, -0.2) is 18.4 Å². The Bertz CT molecular complexity index is 404. The van der Waals surface area contributed by atoms with Gasteiger partial charge in [-0.05, 0) is 18.9 Å². The second kappa shape index (κ2) is 8.29. The van der Waals surface area contributed by atoms with Crippen LogP contribution in [0.3, 0.4) is 0 Å². The molecule has 0 radical (unpaired) electrons. The third-order valence-electron chi connectivity index (χ3n) is 2.92. The first kappa shape index (κ1) is 15.2. The summed E-state index contributed by atoms with van der Waals surface area (Å²) < 4.78 is 0. The average molecular weight is 262 g/mol. The monoisotopic (exact) mass is 262 g/mol. The fourth-order valence-corrected chi connectivity index (χ4v) is 1.74. The molecule has 1 aromatic rings. The van der Waals surface area contributed by atoms with Crippen LogP contribution in [0.4, 0.5) is 0 Å². The average Bonchev–Trinajstić information content (AvgIpc) is 2.44. The Balaban J connectivity index is 2.35. The van der Waals surface area contributed by atoms with E-state index in [9.17, 15) is 9.59 Å². The van der Waals surface area contributed by atoms with Crippen LogP contribution in [-0.2, 0) is 9.59 Å². The van der Waals surface area contributed by atoms with E-state index in [1.54, 1.807) is 0 Å². The molecule has 0 spiro atoms. The Hall–Kier alpha value is -1.84. The number of benzene rings is 1. The summed E-state index contributed by atoms with van der Waals surface area (Å²) in [4.78, 5) is 23.2. The number of rotatable bonds is 6. The van der Waals surface area contributed by atoms with Gasteiger partial charge in [-0.15, -0.1) is 0 Å². The van der Waals surface area contributed by atoms with Crippen molar-refractivity contribution in [3.05, 3.63) is 35.9 Å². The summed E-state index contributed by atoms with van der Waals surface area (Å²) in [7, 11) is 0. The van der Waals surface area contributed by atoms with E-state index in [0.29, 0.717) is 6.54 Å². The van der Waals surface area contributed by atoms with E-state index in [-0.39, 0.29) is 6.04 Å². The molecule has 4 nitrogen and oxygen atoms in total. The summed E-state index contributed by atoms with van der Waals surface area (Å²) in [5.74, 6) is -1.13. The van der Waals surface area contributed by atoms with Crippen molar-refractivity contribution in [3.8, 4) is 0 Å². The quantitative estimate of drug-likeness (QED) is 0.610. The Kier molecular flexibility index (Phi) is 6.64. The van der Waals surface area contributed by atoms with Crippen molar-refractivity contribution in [2.24, 2.45) is 0 Å². The molecule has 104 valence electrons. The number of hydrogen-bond acceptors (Lipinski definition) is 2. The number of nitrogens with one attached hydrogen (secondary N) is 2. The number of amides is 2. The lowest BCUT2D eigenvalue weighted by Gasteiger charge is -2.13. The Morgan fingerprint density at radius 3 is 2.42 bits per heavy atom. The first-order valence-corrected chi connectivity index (χ1v) is 6.78. The lowest BCUT2D eigenvalue weighted by Crippen LogP contribution is -2.41. The molecule has 0 fully saturated rings. The van der Waals surface area contributed by atoms with Gasteiger partial charge in [0, 0.05) is 6.54 Å². The summed E-state index contributed by atoms with van der Waals surface area (Å²) in [6.45, 7) is 4.51. The number of carbonyl (C=O) groups is 2. The second-order valence-electron chi connectivity index (χ2n) is 4.57. The maximum Gasteiger partial charge on any atom is 0.309 e. The summed E-state index contributed by atoms with van der Waals surface area (Å²) in [5.41, 5.74) is 0.981. The minimum Gasteiger partial charge on any atom is -0.348 e. The van der Waals surface area contributed by atoms with Gasteiger partial charge >= 0.3 is 11.8 Å². The zero-order valence-electron chi connectivity index (χ0n) is 11.6. The third kappa shape index (κ3) is 5.55. The van der Waals surface area contributed by atoms with Crippen molar-refractivity contribution in [3.63, 3.8) is 0 Å². The summed E-state index contributed by atoms with van der Waals surface area (Å²) in [6, 6.07) is 9.40. The lowest BCUT2D eigenvalue weighted by molar-refractivity contribution is -0.139.